The summed E-state index contributed by atoms with van der Waals surface area (Å²) in [6, 6.07) is 5.12. The SMILES string of the molecule is COc1cc(OC)cc(C(=O)N2CCC(ON)C2)c1. The van der Waals surface area contributed by atoms with Gasteiger partial charge in [-0.05, 0) is 18.6 Å². The molecule has 6 heteroatoms. The molecule has 1 aliphatic heterocycles. The van der Waals surface area contributed by atoms with E-state index in [-0.39, 0.29) is 12.0 Å². The van der Waals surface area contributed by atoms with Crippen molar-refractivity contribution in [2.45, 2.75) is 12.5 Å². The fourth-order valence-corrected chi connectivity index (χ4v) is 2.14. The molecule has 104 valence electrons. The van der Waals surface area contributed by atoms with Crippen molar-refractivity contribution in [2.75, 3.05) is 27.3 Å². The molecule has 1 unspecified atom stereocenters. The van der Waals surface area contributed by atoms with Crippen LogP contribution in [0.4, 0.5) is 0 Å². The molecule has 1 heterocycles. The number of nitrogens with zero attached hydrogens (tertiary/aromatic N) is 1. The van der Waals surface area contributed by atoms with Crippen molar-refractivity contribution >= 4 is 5.91 Å². The first-order valence-electron chi connectivity index (χ1n) is 6.05. The van der Waals surface area contributed by atoms with Crippen molar-refractivity contribution in [3.8, 4) is 11.5 Å². The van der Waals surface area contributed by atoms with Gasteiger partial charge in [-0.15, -0.1) is 0 Å². The minimum atomic E-state index is -0.0866. The highest BCUT2D eigenvalue weighted by molar-refractivity contribution is 5.95. The Morgan fingerprint density at radius 3 is 2.37 bits per heavy atom. The van der Waals surface area contributed by atoms with Crippen LogP contribution in [0, 0.1) is 0 Å². The summed E-state index contributed by atoms with van der Waals surface area (Å²) in [6.07, 6.45) is 0.667. The third kappa shape index (κ3) is 2.97. The van der Waals surface area contributed by atoms with Crippen molar-refractivity contribution in [3.05, 3.63) is 23.8 Å². The highest BCUT2D eigenvalue weighted by atomic mass is 16.6. The van der Waals surface area contributed by atoms with Crippen molar-refractivity contribution in [3.63, 3.8) is 0 Å². The van der Waals surface area contributed by atoms with Gasteiger partial charge < -0.3 is 14.4 Å². The molecule has 2 rings (SSSR count). The predicted octanol–water partition coefficient (Wildman–Crippen LogP) is 0.809. The van der Waals surface area contributed by atoms with Crippen LogP contribution in [-0.4, -0.2) is 44.2 Å². The van der Waals surface area contributed by atoms with Gasteiger partial charge in [-0.2, -0.15) is 0 Å². The van der Waals surface area contributed by atoms with Crippen molar-refractivity contribution in [1.82, 2.24) is 4.90 Å². The first-order valence-corrected chi connectivity index (χ1v) is 6.05. The standard InChI is InChI=1S/C13H18N2O4/c1-17-11-5-9(6-12(7-11)18-2)13(16)15-4-3-10(8-15)19-14/h5-7,10H,3-4,8,14H2,1-2H3. The van der Waals surface area contributed by atoms with Crippen LogP contribution >= 0.6 is 0 Å². The first kappa shape index (κ1) is 13.6. The van der Waals surface area contributed by atoms with E-state index in [1.54, 1.807) is 37.3 Å². The number of carbonyl (C=O) groups is 1. The lowest BCUT2D eigenvalue weighted by Crippen LogP contribution is -2.30. The van der Waals surface area contributed by atoms with Crippen LogP contribution in [0.1, 0.15) is 16.8 Å². The van der Waals surface area contributed by atoms with Crippen molar-refractivity contribution in [1.29, 1.82) is 0 Å². The number of methoxy groups -OCH3 is 2. The molecule has 1 aromatic rings. The zero-order valence-electron chi connectivity index (χ0n) is 11.1. The molecule has 1 fully saturated rings. The van der Waals surface area contributed by atoms with Crippen LogP contribution in [0.2, 0.25) is 0 Å². The number of ether oxygens (including phenoxy) is 2. The number of rotatable bonds is 4. The van der Waals surface area contributed by atoms with E-state index in [0.29, 0.717) is 30.2 Å². The Bertz CT molecular complexity index is 442. The van der Waals surface area contributed by atoms with E-state index >= 15 is 0 Å². The monoisotopic (exact) mass is 266 g/mol. The second-order valence-corrected chi connectivity index (χ2v) is 4.40. The normalized spacial score (nSPS) is 18.5. The second kappa shape index (κ2) is 5.90. The van der Waals surface area contributed by atoms with Crippen LogP contribution in [0.25, 0.3) is 0 Å². The smallest absolute Gasteiger partial charge is 0.254 e. The molecule has 6 nitrogen and oxygen atoms in total. The van der Waals surface area contributed by atoms with Crippen LogP contribution in [0.15, 0.2) is 18.2 Å². The molecule has 0 saturated carbocycles. The van der Waals surface area contributed by atoms with Gasteiger partial charge in [-0.25, -0.2) is 5.90 Å². The third-order valence-corrected chi connectivity index (χ3v) is 3.22. The van der Waals surface area contributed by atoms with Crippen LogP contribution in [0.3, 0.4) is 0 Å². The minimum Gasteiger partial charge on any atom is -0.497 e. The van der Waals surface area contributed by atoms with Gasteiger partial charge in [-0.1, -0.05) is 0 Å². The summed E-state index contributed by atoms with van der Waals surface area (Å²) in [5, 5.41) is 0. The lowest BCUT2D eigenvalue weighted by Gasteiger charge is -2.17. The van der Waals surface area contributed by atoms with Crippen LogP contribution < -0.4 is 15.4 Å². The van der Waals surface area contributed by atoms with E-state index < -0.39 is 0 Å². The maximum Gasteiger partial charge on any atom is 0.254 e. The Morgan fingerprint density at radius 2 is 1.89 bits per heavy atom. The van der Waals surface area contributed by atoms with E-state index in [9.17, 15) is 4.79 Å². The molecular weight excluding hydrogens is 248 g/mol. The largest absolute Gasteiger partial charge is 0.497 e. The predicted molar refractivity (Wildman–Crippen MR) is 69.1 cm³/mol. The van der Waals surface area contributed by atoms with E-state index in [2.05, 4.69) is 0 Å². The van der Waals surface area contributed by atoms with E-state index in [1.807, 2.05) is 0 Å². The first-order chi connectivity index (χ1) is 9.17. The van der Waals surface area contributed by atoms with Gasteiger partial charge in [0.05, 0.1) is 20.3 Å². The molecule has 1 atom stereocenters. The third-order valence-electron chi connectivity index (χ3n) is 3.22. The lowest BCUT2D eigenvalue weighted by atomic mass is 10.1. The molecule has 0 bridgehead atoms. The quantitative estimate of drug-likeness (QED) is 0.816. The zero-order valence-corrected chi connectivity index (χ0v) is 11.1. The summed E-state index contributed by atoms with van der Waals surface area (Å²) in [5.41, 5.74) is 0.536. The molecule has 1 amide bonds. The molecule has 0 aromatic heterocycles. The zero-order chi connectivity index (χ0) is 13.8. The summed E-state index contributed by atoms with van der Waals surface area (Å²) >= 11 is 0. The van der Waals surface area contributed by atoms with Gasteiger partial charge in [0.25, 0.3) is 5.91 Å². The van der Waals surface area contributed by atoms with Crippen LogP contribution in [-0.2, 0) is 4.84 Å². The number of hydrogen-bond acceptors (Lipinski definition) is 5. The molecule has 2 N–H and O–H groups in total. The Balaban J connectivity index is 2.19. The number of carbonyl (C=O) groups excluding carboxylic acids is 1. The molecule has 19 heavy (non-hydrogen) atoms. The molecule has 1 aromatic carbocycles. The highest BCUT2D eigenvalue weighted by Crippen LogP contribution is 2.24. The fraction of sp³-hybridized carbons (Fsp3) is 0.462. The average Bonchev–Trinajstić information content (AvgIpc) is 2.94. The van der Waals surface area contributed by atoms with E-state index in [0.717, 1.165) is 6.42 Å². The summed E-state index contributed by atoms with van der Waals surface area (Å²) in [7, 11) is 3.11. The molecule has 0 aliphatic carbocycles. The Hall–Kier alpha value is -1.79. The number of amides is 1. The maximum atomic E-state index is 12.4. The Morgan fingerprint density at radius 1 is 1.26 bits per heavy atom. The molecule has 1 aliphatic rings. The van der Waals surface area contributed by atoms with E-state index in [4.69, 9.17) is 20.2 Å². The topological polar surface area (TPSA) is 74.0 Å². The highest BCUT2D eigenvalue weighted by Gasteiger charge is 2.27. The number of likely N-dealkylation sites (tertiary alicyclic amines) is 1. The number of benzene rings is 1. The molecular formula is C13H18N2O4. The van der Waals surface area contributed by atoms with Gasteiger partial charge in [0.2, 0.25) is 0 Å². The maximum absolute atomic E-state index is 12.4. The van der Waals surface area contributed by atoms with Gasteiger partial charge >= 0.3 is 0 Å². The van der Waals surface area contributed by atoms with Gasteiger partial charge in [0.1, 0.15) is 11.5 Å². The Kier molecular flexibility index (Phi) is 4.24. The average molecular weight is 266 g/mol. The number of nitrogens with two attached hydrogens (primary N) is 1. The van der Waals surface area contributed by atoms with Gasteiger partial charge in [-0.3, -0.25) is 9.63 Å². The second-order valence-electron chi connectivity index (χ2n) is 4.40. The summed E-state index contributed by atoms with van der Waals surface area (Å²) in [6.45, 7) is 1.15. The van der Waals surface area contributed by atoms with E-state index in [1.165, 1.54) is 0 Å². The fourth-order valence-electron chi connectivity index (χ4n) is 2.14. The molecule has 0 spiro atoms. The summed E-state index contributed by atoms with van der Waals surface area (Å²) < 4.78 is 10.3. The number of hydrogen-bond donors (Lipinski definition) is 1. The molecule has 0 radical (unpaired) electrons. The Labute approximate surface area is 112 Å². The van der Waals surface area contributed by atoms with Crippen LogP contribution in [0.5, 0.6) is 11.5 Å². The van der Waals surface area contributed by atoms with Gasteiger partial charge in [0.15, 0.2) is 0 Å². The summed E-state index contributed by atoms with van der Waals surface area (Å²) in [5.74, 6) is 6.26. The molecule has 1 saturated heterocycles. The lowest BCUT2D eigenvalue weighted by molar-refractivity contribution is 0.0537. The van der Waals surface area contributed by atoms with Gasteiger partial charge in [0, 0.05) is 24.7 Å². The minimum absolute atomic E-state index is 0.0725. The van der Waals surface area contributed by atoms with Crippen molar-refractivity contribution < 1.29 is 19.1 Å². The van der Waals surface area contributed by atoms with Crippen molar-refractivity contribution in [2.24, 2.45) is 5.90 Å². The summed E-state index contributed by atoms with van der Waals surface area (Å²) in [4.78, 5) is 18.9.